The van der Waals surface area contributed by atoms with Gasteiger partial charge in [-0.1, -0.05) is 0 Å². The van der Waals surface area contributed by atoms with Gasteiger partial charge in [0.05, 0.1) is 12.5 Å². The van der Waals surface area contributed by atoms with Crippen molar-refractivity contribution >= 4 is 5.78 Å². The van der Waals surface area contributed by atoms with Crippen molar-refractivity contribution in [2.75, 3.05) is 0 Å². The van der Waals surface area contributed by atoms with E-state index in [0.29, 0.717) is 12.8 Å². The van der Waals surface area contributed by atoms with Crippen LogP contribution in [0.1, 0.15) is 12.2 Å². The highest BCUT2D eigenvalue weighted by Crippen LogP contribution is 2.13. The van der Waals surface area contributed by atoms with Crippen molar-refractivity contribution in [3.63, 3.8) is 0 Å². The second-order valence-electron chi connectivity index (χ2n) is 3.01. The van der Waals surface area contributed by atoms with Crippen LogP contribution in [0, 0.1) is 0 Å². The molecule has 1 atom stereocenters. The van der Waals surface area contributed by atoms with Gasteiger partial charge in [-0.25, -0.2) is 0 Å². The van der Waals surface area contributed by atoms with Gasteiger partial charge in [0.25, 0.3) is 0 Å². The maximum Gasteiger partial charge on any atom is 0.162 e. The van der Waals surface area contributed by atoms with Crippen LogP contribution in [0.4, 0.5) is 0 Å². The lowest BCUT2D eigenvalue weighted by Crippen LogP contribution is -2.20. The van der Waals surface area contributed by atoms with Gasteiger partial charge >= 0.3 is 0 Å². The fourth-order valence-electron chi connectivity index (χ4n) is 1.34. The average Bonchev–Trinajstić information content (AvgIpc) is 2.57. The van der Waals surface area contributed by atoms with Crippen LogP contribution in [0.3, 0.4) is 0 Å². The van der Waals surface area contributed by atoms with E-state index in [1.165, 1.54) is 12.3 Å². The Kier molecular flexibility index (Phi) is 2.17. The summed E-state index contributed by atoms with van der Waals surface area (Å²) >= 11 is 0. The smallest absolute Gasteiger partial charge is 0.162 e. The molecule has 1 aliphatic heterocycles. The summed E-state index contributed by atoms with van der Waals surface area (Å²) < 4.78 is 10.4. The fraction of sp³-hybridized carbons (Fsp3) is 0.300. The van der Waals surface area contributed by atoms with Gasteiger partial charge < -0.3 is 9.15 Å². The standard InChI is InChI=1S/C10H10O3/c11-8-3-5-13-10(6-8)7-9-2-1-4-12-9/h1-5,10H,6-7H2/t10-/m0/s1. The first-order chi connectivity index (χ1) is 6.34. The molecule has 0 fully saturated rings. The van der Waals surface area contributed by atoms with E-state index in [1.807, 2.05) is 12.1 Å². The molecule has 68 valence electrons. The minimum atomic E-state index is -0.0661. The summed E-state index contributed by atoms with van der Waals surface area (Å²) in [5, 5.41) is 0. The van der Waals surface area contributed by atoms with Crippen molar-refractivity contribution in [1.82, 2.24) is 0 Å². The highest BCUT2D eigenvalue weighted by molar-refractivity contribution is 5.90. The highest BCUT2D eigenvalue weighted by Gasteiger charge is 2.17. The van der Waals surface area contributed by atoms with Crippen molar-refractivity contribution in [2.45, 2.75) is 18.9 Å². The zero-order chi connectivity index (χ0) is 9.10. The third-order valence-electron chi connectivity index (χ3n) is 1.96. The topological polar surface area (TPSA) is 39.4 Å². The van der Waals surface area contributed by atoms with E-state index < -0.39 is 0 Å². The molecule has 0 amide bonds. The summed E-state index contributed by atoms with van der Waals surface area (Å²) in [7, 11) is 0. The van der Waals surface area contributed by atoms with Crippen LogP contribution in [-0.2, 0) is 16.0 Å². The second kappa shape index (κ2) is 3.47. The van der Waals surface area contributed by atoms with Crippen LogP contribution in [0.15, 0.2) is 35.2 Å². The summed E-state index contributed by atoms with van der Waals surface area (Å²) in [6.07, 6.45) is 5.57. The lowest BCUT2D eigenvalue weighted by atomic mass is 10.1. The largest absolute Gasteiger partial charge is 0.497 e. The lowest BCUT2D eigenvalue weighted by Gasteiger charge is -2.16. The molecule has 2 heterocycles. The van der Waals surface area contributed by atoms with Crippen LogP contribution in [0.2, 0.25) is 0 Å². The van der Waals surface area contributed by atoms with E-state index in [4.69, 9.17) is 9.15 Å². The zero-order valence-electron chi connectivity index (χ0n) is 7.10. The Balaban J connectivity index is 1.96. The van der Waals surface area contributed by atoms with Crippen molar-refractivity contribution in [1.29, 1.82) is 0 Å². The molecule has 0 radical (unpaired) electrons. The first-order valence-corrected chi connectivity index (χ1v) is 4.22. The molecule has 2 rings (SSSR count). The number of rotatable bonds is 2. The van der Waals surface area contributed by atoms with E-state index in [9.17, 15) is 4.79 Å². The number of hydrogen-bond donors (Lipinski definition) is 0. The number of allylic oxidation sites excluding steroid dienone is 1. The number of carbonyl (C=O) groups excluding carboxylic acids is 1. The SMILES string of the molecule is O=C1C=CO[C@H](Cc2ccco2)C1. The van der Waals surface area contributed by atoms with E-state index >= 15 is 0 Å². The summed E-state index contributed by atoms with van der Waals surface area (Å²) in [4.78, 5) is 11.0. The summed E-state index contributed by atoms with van der Waals surface area (Å²) in [6.45, 7) is 0. The van der Waals surface area contributed by atoms with Crippen molar-refractivity contribution in [3.05, 3.63) is 36.5 Å². The number of hydrogen-bond acceptors (Lipinski definition) is 3. The molecule has 1 aromatic rings. The first-order valence-electron chi connectivity index (χ1n) is 4.22. The highest BCUT2D eigenvalue weighted by atomic mass is 16.5. The van der Waals surface area contributed by atoms with Crippen LogP contribution in [0.25, 0.3) is 0 Å². The zero-order valence-corrected chi connectivity index (χ0v) is 7.10. The molecule has 0 spiro atoms. The number of furan rings is 1. The van der Waals surface area contributed by atoms with E-state index in [-0.39, 0.29) is 11.9 Å². The molecular weight excluding hydrogens is 168 g/mol. The summed E-state index contributed by atoms with van der Waals surface area (Å²) in [5.74, 6) is 0.968. The molecule has 13 heavy (non-hydrogen) atoms. The molecule has 1 aliphatic rings. The third-order valence-corrected chi connectivity index (χ3v) is 1.96. The maximum atomic E-state index is 11.0. The minimum Gasteiger partial charge on any atom is -0.497 e. The predicted molar refractivity (Wildman–Crippen MR) is 46.0 cm³/mol. The quantitative estimate of drug-likeness (QED) is 0.691. The van der Waals surface area contributed by atoms with Crippen LogP contribution in [-0.4, -0.2) is 11.9 Å². The molecule has 0 N–H and O–H groups in total. The Morgan fingerprint density at radius 2 is 2.46 bits per heavy atom. The number of carbonyl (C=O) groups is 1. The maximum absolute atomic E-state index is 11.0. The van der Waals surface area contributed by atoms with Gasteiger partial charge in [-0.05, 0) is 12.1 Å². The van der Waals surface area contributed by atoms with Crippen LogP contribution in [0.5, 0.6) is 0 Å². The van der Waals surface area contributed by atoms with E-state index in [1.54, 1.807) is 6.26 Å². The average molecular weight is 178 g/mol. The first kappa shape index (κ1) is 8.10. The van der Waals surface area contributed by atoms with Gasteiger partial charge in [0, 0.05) is 18.9 Å². The number of ether oxygens (including phenoxy) is 1. The lowest BCUT2D eigenvalue weighted by molar-refractivity contribution is -0.117. The molecule has 0 aromatic carbocycles. The normalized spacial score (nSPS) is 21.5. The summed E-state index contributed by atoms with van der Waals surface area (Å²) in [6, 6.07) is 3.71. The minimum absolute atomic E-state index is 0.0661. The molecule has 1 aromatic heterocycles. The van der Waals surface area contributed by atoms with Crippen LogP contribution < -0.4 is 0 Å². The van der Waals surface area contributed by atoms with Gasteiger partial charge in [0.2, 0.25) is 0 Å². The monoisotopic (exact) mass is 178 g/mol. The van der Waals surface area contributed by atoms with Crippen molar-refractivity contribution in [3.8, 4) is 0 Å². The molecular formula is C10H10O3. The molecule has 0 bridgehead atoms. The Labute approximate surface area is 76.0 Å². The Bertz CT molecular complexity index is 311. The Morgan fingerprint density at radius 1 is 1.54 bits per heavy atom. The van der Waals surface area contributed by atoms with Gasteiger partial charge in [0.1, 0.15) is 11.9 Å². The summed E-state index contributed by atoms with van der Waals surface area (Å²) in [5.41, 5.74) is 0. The number of ketones is 1. The van der Waals surface area contributed by atoms with Gasteiger partial charge in [0.15, 0.2) is 5.78 Å². The van der Waals surface area contributed by atoms with Gasteiger partial charge in [-0.15, -0.1) is 0 Å². The van der Waals surface area contributed by atoms with E-state index in [2.05, 4.69) is 0 Å². The predicted octanol–water partition coefficient (Wildman–Crippen LogP) is 1.69. The fourth-order valence-corrected chi connectivity index (χ4v) is 1.34. The van der Waals surface area contributed by atoms with Crippen molar-refractivity contribution < 1.29 is 13.9 Å². The van der Waals surface area contributed by atoms with Crippen molar-refractivity contribution in [2.24, 2.45) is 0 Å². The Hall–Kier alpha value is -1.51. The molecule has 0 saturated heterocycles. The Morgan fingerprint density at radius 3 is 3.15 bits per heavy atom. The molecule has 3 heteroatoms. The molecule has 0 aliphatic carbocycles. The molecule has 0 saturated carbocycles. The van der Waals surface area contributed by atoms with Gasteiger partial charge in [-0.2, -0.15) is 0 Å². The second-order valence-corrected chi connectivity index (χ2v) is 3.01. The molecule has 3 nitrogen and oxygen atoms in total. The van der Waals surface area contributed by atoms with Crippen LogP contribution >= 0.6 is 0 Å². The van der Waals surface area contributed by atoms with Gasteiger partial charge in [-0.3, -0.25) is 4.79 Å². The van der Waals surface area contributed by atoms with E-state index in [0.717, 1.165) is 5.76 Å². The third kappa shape index (κ3) is 1.99. The molecule has 0 unspecified atom stereocenters.